The molecule has 0 amide bonds. The summed E-state index contributed by atoms with van der Waals surface area (Å²) in [5.41, 5.74) is 4.17. The van der Waals surface area contributed by atoms with E-state index in [0.717, 1.165) is 27.5 Å². The molecule has 0 aliphatic carbocycles. The van der Waals surface area contributed by atoms with E-state index >= 15 is 0 Å². The zero-order valence-electron chi connectivity index (χ0n) is 11.8. The minimum atomic E-state index is 0.757. The van der Waals surface area contributed by atoms with Crippen molar-refractivity contribution >= 4 is 17.7 Å². The maximum atomic E-state index is 6.21. The third-order valence-electron chi connectivity index (χ3n) is 2.94. The number of nitrogens with zero attached hydrogens (tertiary/aromatic N) is 1. The normalized spacial score (nSPS) is 11.7. The Morgan fingerprint density at radius 1 is 1.37 bits per heavy atom. The van der Waals surface area contributed by atoms with Crippen molar-refractivity contribution in [2.24, 2.45) is 0 Å². The van der Waals surface area contributed by atoms with Crippen molar-refractivity contribution in [2.45, 2.75) is 13.8 Å². The van der Waals surface area contributed by atoms with Gasteiger partial charge < -0.3 is 4.90 Å². The van der Waals surface area contributed by atoms with Crippen molar-refractivity contribution in [1.29, 1.82) is 0 Å². The van der Waals surface area contributed by atoms with E-state index in [4.69, 9.17) is 11.6 Å². The zero-order valence-corrected chi connectivity index (χ0v) is 12.5. The summed E-state index contributed by atoms with van der Waals surface area (Å²) in [6.07, 6.45) is 7.74. The number of hydrogen-bond donors (Lipinski definition) is 0. The van der Waals surface area contributed by atoms with E-state index in [1.807, 2.05) is 62.2 Å². The average Bonchev–Trinajstić information content (AvgIpc) is 2.35. The molecule has 0 radical (unpaired) electrons. The lowest BCUT2D eigenvalue weighted by Crippen LogP contribution is -2.12. The summed E-state index contributed by atoms with van der Waals surface area (Å²) in [5, 5.41) is 0.757. The molecule has 0 spiro atoms. The van der Waals surface area contributed by atoms with Gasteiger partial charge in [0.25, 0.3) is 0 Å². The molecule has 0 aliphatic heterocycles. The first kappa shape index (κ1) is 15.3. The molecule has 0 fully saturated rings. The highest BCUT2D eigenvalue weighted by Crippen LogP contribution is 2.22. The Hall–Kier alpha value is -1.73. The standard InChI is InChI=1S/C17H20ClN/c1-6-8-15(19(5)13(2)3)11-12-16-14(4)9-7-10-17(16)18/h6-12H,1-2H2,3-5H3/b12-11+,15-8-. The lowest BCUT2D eigenvalue weighted by Gasteiger charge is -2.20. The molecule has 0 saturated heterocycles. The van der Waals surface area contributed by atoms with Crippen LogP contribution in [0.3, 0.4) is 0 Å². The number of aryl methyl sites for hydroxylation is 1. The van der Waals surface area contributed by atoms with Gasteiger partial charge in [0.1, 0.15) is 0 Å². The molecule has 2 heteroatoms. The average molecular weight is 274 g/mol. The van der Waals surface area contributed by atoms with Gasteiger partial charge in [-0.15, -0.1) is 0 Å². The van der Waals surface area contributed by atoms with Crippen molar-refractivity contribution in [3.63, 3.8) is 0 Å². The van der Waals surface area contributed by atoms with Gasteiger partial charge in [-0.3, -0.25) is 0 Å². The molecule has 100 valence electrons. The quantitative estimate of drug-likeness (QED) is 0.667. The van der Waals surface area contributed by atoms with Gasteiger partial charge in [-0.25, -0.2) is 0 Å². The van der Waals surface area contributed by atoms with Gasteiger partial charge in [-0.05, 0) is 43.2 Å². The van der Waals surface area contributed by atoms with Crippen LogP contribution in [0.15, 0.2) is 61.0 Å². The van der Waals surface area contributed by atoms with E-state index in [1.54, 1.807) is 6.08 Å². The molecule has 0 bridgehead atoms. The van der Waals surface area contributed by atoms with E-state index in [0.29, 0.717) is 0 Å². The summed E-state index contributed by atoms with van der Waals surface area (Å²) in [6.45, 7) is 11.7. The smallest absolute Gasteiger partial charge is 0.0481 e. The van der Waals surface area contributed by atoms with Gasteiger partial charge in [-0.1, -0.05) is 49.0 Å². The fraction of sp³-hybridized carbons (Fsp3) is 0.176. The lowest BCUT2D eigenvalue weighted by molar-refractivity contribution is 0.541. The number of rotatable bonds is 5. The number of likely N-dealkylation sites (N-methyl/N-ethyl adjacent to an activating group) is 1. The number of benzene rings is 1. The summed E-state index contributed by atoms with van der Waals surface area (Å²) in [4.78, 5) is 2.00. The van der Waals surface area contributed by atoms with E-state index in [-0.39, 0.29) is 0 Å². The molecule has 19 heavy (non-hydrogen) atoms. The first-order valence-corrected chi connectivity index (χ1v) is 6.50. The van der Waals surface area contributed by atoms with Crippen LogP contribution in [0.1, 0.15) is 18.1 Å². The van der Waals surface area contributed by atoms with Gasteiger partial charge >= 0.3 is 0 Å². The van der Waals surface area contributed by atoms with E-state index in [1.165, 1.54) is 0 Å². The van der Waals surface area contributed by atoms with Gasteiger partial charge in [0.15, 0.2) is 0 Å². The number of allylic oxidation sites excluding steroid dienone is 4. The molecule has 0 aromatic heterocycles. The molecule has 0 atom stereocenters. The lowest BCUT2D eigenvalue weighted by atomic mass is 10.1. The third kappa shape index (κ3) is 4.15. The third-order valence-corrected chi connectivity index (χ3v) is 3.27. The molecule has 0 heterocycles. The van der Waals surface area contributed by atoms with Crippen LogP contribution in [0.5, 0.6) is 0 Å². The first-order valence-electron chi connectivity index (χ1n) is 6.12. The van der Waals surface area contributed by atoms with Crippen LogP contribution < -0.4 is 0 Å². The first-order chi connectivity index (χ1) is 8.97. The minimum absolute atomic E-state index is 0.757. The van der Waals surface area contributed by atoms with Crippen LogP contribution >= 0.6 is 11.6 Å². The highest BCUT2D eigenvalue weighted by atomic mass is 35.5. The molecule has 1 aromatic rings. The molecule has 1 aromatic carbocycles. The molecular weight excluding hydrogens is 254 g/mol. The monoisotopic (exact) mass is 273 g/mol. The topological polar surface area (TPSA) is 3.24 Å². The summed E-state index contributed by atoms with van der Waals surface area (Å²) < 4.78 is 0. The van der Waals surface area contributed by atoms with E-state index in [2.05, 4.69) is 13.2 Å². The van der Waals surface area contributed by atoms with E-state index < -0.39 is 0 Å². The molecule has 1 rings (SSSR count). The maximum Gasteiger partial charge on any atom is 0.0481 e. The molecule has 1 nitrogen and oxygen atoms in total. The van der Waals surface area contributed by atoms with Crippen molar-refractivity contribution in [1.82, 2.24) is 4.90 Å². The van der Waals surface area contributed by atoms with Crippen molar-refractivity contribution in [3.05, 3.63) is 77.1 Å². The Bertz CT molecular complexity index is 518. The zero-order chi connectivity index (χ0) is 14.4. The fourth-order valence-corrected chi connectivity index (χ4v) is 1.93. The predicted molar refractivity (Wildman–Crippen MR) is 86.1 cm³/mol. The summed E-state index contributed by atoms with van der Waals surface area (Å²) in [6, 6.07) is 5.90. The van der Waals surface area contributed by atoms with Crippen LogP contribution in [0, 0.1) is 6.92 Å². The summed E-state index contributed by atoms with van der Waals surface area (Å²) >= 11 is 6.21. The Labute approximate surface area is 121 Å². The Balaban J connectivity index is 3.10. The fourth-order valence-electron chi connectivity index (χ4n) is 1.64. The van der Waals surface area contributed by atoms with Crippen LogP contribution in [-0.4, -0.2) is 11.9 Å². The largest absolute Gasteiger partial charge is 0.349 e. The number of hydrogen-bond acceptors (Lipinski definition) is 1. The van der Waals surface area contributed by atoms with Crippen molar-refractivity contribution < 1.29 is 0 Å². The second-order valence-electron chi connectivity index (χ2n) is 4.43. The van der Waals surface area contributed by atoms with Crippen molar-refractivity contribution in [3.8, 4) is 0 Å². The Kier molecular flexibility index (Phi) is 5.65. The van der Waals surface area contributed by atoms with Crippen molar-refractivity contribution in [2.75, 3.05) is 7.05 Å². The van der Waals surface area contributed by atoms with Gasteiger partial charge in [0.05, 0.1) is 0 Å². The highest BCUT2D eigenvalue weighted by Gasteiger charge is 2.03. The summed E-state index contributed by atoms with van der Waals surface area (Å²) in [7, 11) is 1.97. The molecule has 0 aliphatic rings. The van der Waals surface area contributed by atoms with Crippen LogP contribution in [0.4, 0.5) is 0 Å². The van der Waals surface area contributed by atoms with Crippen LogP contribution in [-0.2, 0) is 0 Å². The second-order valence-corrected chi connectivity index (χ2v) is 4.83. The van der Waals surface area contributed by atoms with Gasteiger partial charge in [-0.2, -0.15) is 0 Å². The maximum absolute atomic E-state index is 6.21. The molecule has 0 saturated carbocycles. The number of halogens is 1. The van der Waals surface area contributed by atoms with Gasteiger partial charge in [0.2, 0.25) is 0 Å². The Morgan fingerprint density at radius 2 is 2.05 bits per heavy atom. The predicted octanol–water partition coefficient (Wildman–Crippen LogP) is 5.20. The van der Waals surface area contributed by atoms with Crippen LogP contribution in [0.2, 0.25) is 5.02 Å². The van der Waals surface area contributed by atoms with Gasteiger partial charge in [0, 0.05) is 23.5 Å². The highest BCUT2D eigenvalue weighted by molar-refractivity contribution is 6.32. The second kappa shape index (κ2) is 7.01. The summed E-state index contributed by atoms with van der Waals surface area (Å²) in [5.74, 6) is 0. The SMILES string of the molecule is C=C/C=C(/C=C/c1c(C)cccc1Cl)N(C)C(=C)C. The molecule has 0 unspecified atom stereocenters. The van der Waals surface area contributed by atoms with Crippen LogP contribution in [0.25, 0.3) is 6.08 Å². The minimum Gasteiger partial charge on any atom is -0.349 e. The molecule has 0 N–H and O–H groups in total. The Morgan fingerprint density at radius 3 is 2.58 bits per heavy atom. The molecular formula is C17H20ClN. The van der Waals surface area contributed by atoms with E-state index in [9.17, 15) is 0 Å².